The van der Waals surface area contributed by atoms with Crippen molar-refractivity contribution in [2.24, 2.45) is 4.99 Å². The molecule has 1 aliphatic heterocycles. The van der Waals surface area contributed by atoms with E-state index in [4.69, 9.17) is 4.74 Å². The molecule has 1 amide bonds. The van der Waals surface area contributed by atoms with Crippen molar-refractivity contribution in [3.8, 4) is 0 Å². The summed E-state index contributed by atoms with van der Waals surface area (Å²) in [6.45, 7) is 14.5. The number of rotatable bonds is 7. The molecule has 0 spiro atoms. The summed E-state index contributed by atoms with van der Waals surface area (Å²) in [5.41, 5.74) is -0.954. The van der Waals surface area contributed by atoms with Gasteiger partial charge in [0.2, 0.25) is 0 Å². The van der Waals surface area contributed by atoms with Crippen molar-refractivity contribution < 1.29 is 9.53 Å². The van der Waals surface area contributed by atoms with Crippen molar-refractivity contribution >= 4 is 12.1 Å². The number of carbonyl (C=O) groups is 1. The Labute approximate surface area is 165 Å². The Morgan fingerprint density at radius 3 is 2.22 bits per heavy atom. The fourth-order valence-electron chi connectivity index (χ4n) is 3.02. The smallest absolute Gasteiger partial charge is 0.408 e. The van der Waals surface area contributed by atoms with E-state index in [-0.39, 0.29) is 0 Å². The number of guanidine groups is 1. The molecule has 1 heterocycles. The molecular formula is C20H41N5O2. The van der Waals surface area contributed by atoms with Gasteiger partial charge in [0, 0.05) is 20.1 Å². The fraction of sp³-hybridized carbons (Fsp3) is 0.900. The van der Waals surface area contributed by atoms with Gasteiger partial charge in [0.15, 0.2) is 5.96 Å². The Bertz CT molecular complexity index is 463. The summed E-state index contributed by atoms with van der Waals surface area (Å²) < 4.78 is 5.32. The highest BCUT2D eigenvalue weighted by Crippen LogP contribution is 2.10. The Balaban J connectivity index is 2.26. The van der Waals surface area contributed by atoms with E-state index in [1.807, 2.05) is 34.6 Å². The monoisotopic (exact) mass is 383 g/mol. The number of nitrogens with one attached hydrogen (secondary N) is 3. The van der Waals surface area contributed by atoms with Crippen LogP contribution in [-0.2, 0) is 4.74 Å². The average Bonchev–Trinajstić information content (AvgIpc) is 2.80. The topological polar surface area (TPSA) is 78.0 Å². The molecule has 27 heavy (non-hydrogen) atoms. The maximum absolute atomic E-state index is 12.0. The van der Waals surface area contributed by atoms with Crippen molar-refractivity contribution in [2.45, 2.75) is 77.9 Å². The van der Waals surface area contributed by atoms with E-state index >= 15 is 0 Å². The number of alkyl carbamates (subject to hydrolysis) is 1. The van der Waals surface area contributed by atoms with E-state index in [1.165, 1.54) is 38.8 Å². The number of amides is 1. The Morgan fingerprint density at radius 2 is 1.67 bits per heavy atom. The molecule has 0 saturated carbocycles. The van der Waals surface area contributed by atoms with Gasteiger partial charge in [-0.3, -0.25) is 4.99 Å². The number of likely N-dealkylation sites (tertiary alicyclic amines) is 1. The number of hydrogen-bond acceptors (Lipinski definition) is 4. The third-order valence-corrected chi connectivity index (χ3v) is 4.40. The summed E-state index contributed by atoms with van der Waals surface area (Å²) in [6, 6.07) is 0. The summed E-state index contributed by atoms with van der Waals surface area (Å²) in [5.74, 6) is 0.755. The molecule has 0 aromatic carbocycles. The van der Waals surface area contributed by atoms with Crippen LogP contribution < -0.4 is 16.0 Å². The number of aliphatic imine (C=N–C) groups is 1. The van der Waals surface area contributed by atoms with E-state index in [0.717, 1.165) is 25.5 Å². The molecule has 0 bridgehead atoms. The SMILES string of the molecule is CN=C(NCCCN1CCCCCC1)NCC(C)(C)NC(=O)OC(C)(C)C. The van der Waals surface area contributed by atoms with E-state index in [9.17, 15) is 4.79 Å². The van der Waals surface area contributed by atoms with E-state index in [0.29, 0.717) is 6.54 Å². The van der Waals surface area contributed by atoms with Crippen LogP contribution in [0, 0.1) is 0 Å². The molecule has 3 N–H and O–H groups in total. The van der Waals surface area contributed by atoms with Crippen LogP contribution in [0.3, 0.4) is 0 Å². The van der Waals surface area contributed by atoms with Crippen LogP contribution >= 0.6 is 0 Å². The second kappa shape index (κ2) is 11.4. The van der Waals surface area contributed by atoms with Gasteiger partial charge in [0.05, 0.1) is 5.54 Å². The minimum Gasteiger partial charge on any atom is -0.444 e. The fourth-order valence-corrected chi connectivity index (χ4v) is 3.02. The van der Waals surface area contributed by atoms with Crippen molar-refractivity contribution in [3.05, 3.63) is 0 Å². The molecule has 0 radical (unpaired) electrons. The van der Waals surface area contributed by atoms with Gasteiger partial charge in [-0.05, 0) is 73.5 Å². The minimum atomic E-state index is -0.501. The second-order valence-electron chi connectivity index (χ2n) is 8.97. The predicted molar refractivity (Wildman–Crippen MR) is 112 cm³/mol. The standard InChI is InChI=1S/C20H41N5O2/c1-19(2,3)27-18(26)24-20(4,5)16-23-17(21-6)22-12-11-15-25-13-9-7-8-10-14-25/h7-16H2,1-6H3,(H,24,26)(H2,21,22,23). The molecule has 158 valence electrons. The lowest BCUT2D eigenvalue weighted by atomic mass is 10.1. The van der Waals surface area contributed by atoms with Gasteiger partial charge in [-0.15, -0.1) is 0 Å². The molecule has 1 saturated heterocycles. The van der Waals surface area contributed by atoms with Crippen molar-refractivity contribution in [2.75, 3.05) is 39.8 Å². The van der Waals surface area contributed by atoms with Gasteiger partial charge in [-0.1, -0.05) is 12.8 Å². The van der Waals surface area contributed by atoms with Crippen molar-refractivity contribution in [3.63, 3.8) is 0 Å². The van der Waals surface area contributed by atoms with Crippen LogP contribution in [0.4, 0.5) is 4.79 Å². The summed E-state index contributed by atoms with van der Waals surface area (Å²) in [4.78, 5) is 18.8. The van der Waals surface area contributed by atoms with Gasteiger partial charge in [-0.25, -0.2) is 4.79 Å². The van der Waals surface area contributed by atoms with Crippen LogP contribution in [0.15, 0.2) is 4.99 Å². The zero-order valence-corrected chi connectivity index (χ0v) is 18.3. The quantitative estimate of drug-likeness (QED) is 0.358. The van der Waals surface area contributed by atoms with Gasteiger partial charge >= 0.3 is 6.09 Å². The van der Waals surface area contributed by atoms with Crippen LogP contribution in [-0.4, -0.2) is 67.9 Å². The average molecular weight is 384 g/mol. The zero-order chi connectivity index (χ0) is 20.3. The summed E-state index contributed by atoms with van der Waals surface area (Å²) in [6.07, 6.45) is 6.10. The molecule has 1 rings (SSSR count). The molecule has 0 aromatic heterocycles. The Kier molecular flexibility index (Phi) is 9.91. The van der Waals surface area contributed by atoms with Crippen LogP contribution in [0.1, 0.15) is 66.7 Å². The molecule has 0 aromatic rings. The largest absolute Gasteiger partial charge is 0.444 e. The maximum Gasteiger partial charge on any atom is 0.408 e. The summed E-state index contributed by atoms with van der Waals surface area (Å²) in [7, 11) is 1.76. The zero-order valence-electron chi connectivity index (χ0n) is 18.3. The highest BCUT2D eigenvalue weighted by Gasteiger charge is 2.24. The van der Waals surface area contributed by atoms with E-state index < -0.39 is 17.2 Å². The van der Waals surface area contributed by atoms with E-state index in [2.05, 4.69) is 25.8 Å². The minimum absolute atomic E-state index is 0.408. The third kappa shape index (κ3) is 11.7. The number of ether oxygens (including phenoxy) is 1. The molecule has 1 fully saturated rings. The van der Waals surface area contributed by atoms with Crippen molar-refractivity contribution in [1.82, 2.24) is 20.9 Å². The first-order chi connectivity index (χ1) is 12.6. The first-order valence-electron chi connectivity index (χ1n) is 10.3. The lowest BCUT2D eigenvalue weighted by Crippen LogP contribution is -2.54. The normalized spacial score (nSPS) is 17.2. The van der Waals surface area contributed by atoms with Crippen LogP contribution in [0.5, 0.6) is 0 Å². The lowest BCUT2D eigenvalue weighted by Gasteiger charge is -2.29. The number of nitrogens with zero attached hydrogens (tertiary/aromatic N) is 2. The molecule has 0 aliphatic carbocycles. The lowest BCUT2D eigenvalue weighted by molar-refractivity contribution is 0.0474. The second-order valence-corrected chi connectivity index (χ2v) is 8.97. The van der Waals surface area contributed by atoms with Crippen LogP contribution in [0.2, 0.25) is 0 Å². The Hall–Kier alpha value is -1.50. The van der Waals surface area contributed by atoms with Gasteiger partial charge in [0.25, 0.3) is 0 Å². The molecule has 0 atom stereocenters. The first kappa shape index (κ1) is 23.5. The first-order valence-corrected chi connectivity index (χ1v) is 10.3. The molecule has 7 heteroatoms. The molecular weight excluding hydrogens is 342 g/mol. The highest BCUT2D eigenvalue weighted by molar-refractivity contribution is 5.79. The van der Waals surface area contributed by atoms with Gasteiger partial charge < -0.3 is 25.6 Å². The molecule has 7 nitrogen and oxygen atoms in total. The molecule has 1 aliphatic rings. The summed E-state index contributed by atoms with van der Waals surface area (Å²) >= 11 is 0. The predicted octanol–water partition coefficient (Wildman–Crippen LogP) is 2.72. The van der Waals surface area contributed by atoms with Gasteiger partial charge in [0.1, 0.15) is 5.60 Å². The third-order valence-electron chi connectivity index (χ3n) is 4.40. The van der Waals surface area contributed by atoms with Crippen LogP contribution in [0.25, 0.3) is 0 Å². The summed E-state index contributed by atoms with van der Waals surface area (Å²) in [5, 5.41) is 9.53. The highest BCUT2D eigenvalue weighted by atomic mass is 16.6. The number of hydrogen-bond donors (Lipinski definition) is 3. The molecule has 0 unspecified atom stereocenters. The van der Waals surface area contributed by atoms with Crippen molar-refractivity contribution in [1.29, 1.82) is 0 Å². The Morgan fingerprint density at radius 1 is 1.04 bits per heavy atom. The number of carbonyl (C=O) groups excluding carboxylic acids is 1. The maximum atomic E-state index is 12.0. The van der Waals surface area contributed by atoms with E-state index in [1.54, 1.807) is 7.05 Å². The van der Waals surface area contributed by atoms with Gasteiger partial charge in [-0.2, -0.15) is 0 Å².